The molecule has 3 heteroatoms. The number of carbonyl (C=O) groups is 1. The van der Waals surface area contributed by atoms with Crippen molar-refractivity contribution < 1.29 is 9.90 Å². The summed E-state index contributed by atoms with van der Waals surface area (Å²) < 4.78 is 0. The molecule has 0 amide bonds. The van der Waals surface area contributed by atoms with Crippen LogP contribution in [0.4, 0.5) is 5.69 Å². The number of aliphatic imine (C=N–C) groups is 1. The van der Waals surface area contributed by atoms with Crippen molar-refractivity contribution in [3.8, 4) is 0 Å². The van der Waals surface area contributed by atoms with Crippen LogP contribution in [0.15, 0.2) is 46.7 Å². The van der Waals surface area contributed by atoms with Crippen molar-refractivity contribution in [1.29, 1.82) is 0 Å². The smallest absolute Gasteiger partial charge is 0.170 e. The highest BCUT2D eigenvalue weighted by atomic mass is 16.3. The highest BCUT2D eigenvalue weighted by molar-refractivity contribution is 6.15. The average Bonchev–Trinajstić information content (AvgIpc) is 2.38. The number of aliphatic hydroxyl groups is 1. The first kappa shape index (κ1) is 12.6. The van der Waals surface area contributed by atoms with Crippen molar-refractivity contribution in [1.82, 2.24) is 0 Å². The van der Waals surface area contributed by atoms with Crippen LogP contribution in [0, 0.1) is 11.8 Å². The van der Waals surface area contributed by atoms with Gasteiger partial charge in [-0.1, -0.05) is 32.0 Å². The normalized spacial score (nSPS) is 24.9. The highest BCUT2D eigenvalue weighted by Gasteiger charge is 2.30. The van der Waals surface area contributed by atoms with Gasteiger partial charge in [0.2, 0.25) is 0 Å². The number of allylic oxidation sites excluding steroid dienone is 2. The Morgan fingerprint density at radius 2 is 1.89 bits per heavy atom. The number of ketones is 1. The Morgan fingerprint density at radius 3 is 2.56 bits per heavy atom. The first-order valence-corrected chi connectivity index (χ1v) is 6.16. The zero-order chi connectivity index (χ0) is 13.1. The molecule has 1 aliphatic carbocycles. The maximum atomic E-state index is 12.0. The van der Waals surface area contributed by atoms with E-state index in [1.165, 1.54) is 6.21 Å². The van der Waals surface area contributed by atoms with E-state index in [0.29, 0.717) is 12.0 Å². The molecule has 0 bridgehead atoms. The molecule has 94 valence electrons. The second kappa shape index (κ2) is 5.17. The third-order valence-corrected chi connectivity index (χ3v) is 3.26. The van der Waals surface area contributed by atoms with Gasteiger partial charge < -0.3 is 5.11 Å². The maximum Gasteiger partial charge on any atom is 0.170 e. The number of hydrogen-bond donors (Lipinski definition) is 1. The monoisotopic (exact) mass is 243 g/mol. The fraction of sp³-hybridized carbons (Fsp3) is 0.333. The largest absolute Gasteiger partial charge is 0.511 e. The number of Topliss-reactive ketones (excluding diaryl/α,β-unsaturated/α-hetero) is 1. The number of nitrogens with zero attached hydrogens (tertiary/aromatic N) is 1. The highest BCUT2D eigenvalue weighted by Crippen LogP contribution is 2.29. The van der Waals surface area contributed by atoms with Gasteiger partial charge in [0.25, 0.3) is 0 Å². The van der Waals surface area contributed by atoms with Gasteiger partial charge >= 0.3 is 0 Å². The van der Waals surface area contributed by atoms with Crippen molar-refractivity contribution in [3.63, 3.8) is 0 Å². The van der Waals surface area contributed by atoms with E-state index in [1.807, 2.05) is 44.2 Å². The summed E-state index contributed by atoms with van der Waals surface area (Å²) in [5, 5.41) is 9.97. The van der Waals surface area contributed by atoms with Gasteiger partial charge in [0.1, 0.15) is 5.76 Å². The molecular weight excluding hydrogens is 226 g/mol. The lowest BCUT2D eigenvalue weighted by atomic mass is 9.82. The summed E-state index contributed by atoms with van der Waals surface area (Å²) in [4.78, 5) is 16.2. The lowest BCUT2D eigenvalue weighted by molar-refractivity contribution is -0.119. The van der Waals surface area contributed by atoms with E-state index < -0.39 is 0 Å². The molecule has 2 rings (SSSR count). The predicted octanol–water partition coefficient (Wildman–Crippen LogP) is 3.45. The van der Waals surface area contributed by atoms with E-state index >= 15 is 0 Å². The fourth-order valence-electron chi connectivity index (χ4n) is 2.19. The first-order chi connectivity index (χ1) is 8.59. The number of rotatable bonds is 2. The Hall–Kier alpha value is -1.90. The van der Waals surface area contributed by atoms with Gasteiger partial charge in [-0.15, -0.1) is 0 Å². The number of aliphatic hydroxyl groups excluding tert-OH is 1. The molecule has 0 fully saturated rings. The summed E-state index contributed by atoms with van der Waals surface area (Å²) in [7, 11) is 0. The molecule has 0 heterocycles. The van der Waals surface area contributed by atoms with Crippen LogP contribution in [-0.4, -0.2) is 17.1 Å². The molecule has 1 N–H and O–H groups in total. The summed E-state index contributed by atoms with van der Waals surface area (Å²) in [6, 6.07) is 9.39. The van der Waals surface area contributed by atoms with E-state index in [1.54, 1.807) is 0 Å². The van der Waals surface area contributed by atoms with Gasteiger partial charge in [-0.3, -0.25) is 9.79 Å². The number of para-hydroxylation sites is 1. The molecule has 0 aromatic heterocycles. The number of benzene rings is 1. The van der Waals surface area contributed by atoms with Gasteiger partial charge in [0, 0.05) is 18.1 Å². The molecule has 0 saturated carbocycles. The molecule has 3 nitrogen and oxygen atoms in total. The Bertz CT molecular complexity index is 502. The molecule has 1 aromatic rings. The zero-order valence-corrected chi connectivity index (χ0v) is 10.6. The Morgan fingerprint density at radius 1 is 1.22 bits per heavy atom. The summed E-state index contributed by atoms with van der Waals surface area (Å²) in [5.74, 6) is 0.117. The fourth-order valence-corrected chi connectivity index (χ4v) is 2.19. The molecular formula is C15H17NO2. The molecule has 2 atom stereocenters. The summed E-state index contributed by atoms with van der Waals surface area (Å²) in [6.07, 6.45) is 2.19. The lowest BCUT2D eigenvalue weighted by Crippen LogP contribution is -2.26. The van der Waals surface area contributed by atoms with Gasteiger partial charge in [0.15, 0.2) is 5.78 Å². The van der Waals surface area contributed by atoms with Gasteiger partial charge in [-0.05, 0) is 18.6 Å². The van der Waals surface area contributed by atoms with Crippen molar-refractivity contribution in [2.75, 3.05) is 0 Å². The first-order valence-electron chi connectivity index (χ1n) is 6.16. The minimum Gasteiger partial charge on any atom is -0.511 e. The van der Waals surface area contributed by atoms with Crippen molar-refractivity contribution in [2.45, 2.75) is 20.3 Å². The lowest BCUT2D eigenvalue weighted by Gasteiger charge is -2.23. The second-order valence-electron chi connectivity index (χ2n) is 4.79. The van der Waals surface area contributed by atoms with Crippen LogP contribution >= 0.6 is 0 Å². The quantitative estimate of drug-likeness (QED) is 0.809. The van der Waals surface area contributed by atoms with Crippen LogP contribution in [0.25, 0.3) is 0 Å². The molecule has 1 aliphatic rings. The summed E-state index contributed by atoms with van der Waals surface area (Å²) in [6.45, 7) is 3.82. The van der Waals surface area contributed by atoms with Crippen molar-refractivity contribution in [3.05, 3.63) is 41.7 Å². The standard InChI is InChI=1S/C15H17NO2/c1-10-8-11(2)15(18)13(14(10)17)9-16-12-6-4-3-5-7-12/h3-7,9-11,17H,8H2,1-2H3/t10-,11-/m0/s1. The minimum absolute atomic E-state index is 0.0229. The minimum atomic E-state index is -0.0480. The van der Waals surface area contributed by atoms with Crippen molar-refractivity contribution >= 4 is 17.7 Å². The maximum absolute atomic E-state index is 12.0. The Labute approximate surface area is 107 Å². The van der Waals surface area contributed by atoms with E-state index in [0.717, 1.165) is 5.69 Å². The molecule has 18 heavy (non-hydrogen) atoms. The van der Waals surface area contributed by atoms with Gasteiger partial charge in [-0.2, -0.15) is 0 Å². The molecule has 1 aromatic carbocycles. The van der Waals surface area contributed by atoms with Crippen LogP contribution in [0.2, 0.25) is 0 Å². The molecule has 0 saturated heterocycles. The summed E-state index contributed by atoms with van der Waals surface area (Å²) >= 11 is 0. The number of carbonyl (C=O) groups excluding carboxylic acids is 1. The van der Waals surface area contributed by atoms with Crippen LogP contribution in [0.1, 0.15) is 20.3 Å². The third-order valence-electron chi connectivity index (χ3n) is 3.26. The third kappa shape index (κ3) is 2.50. The number of hydrogen-bond acceptors (Lipinski definition) is 3. The van der Waals surface area contributed by atoms with Crippen LogP contribution in [-0.2, 0) is 4.79 Å². The van der Waals surface area contributed by atoms with E-state index in [4.69, 9.17) is 0 Å². The average molecular weight is 243 g/mol. The molecule has 0 spiro atoms. The van der Waals surface area contributed by atoms with E-state index in [9.17, 15) is 9.90 Å². The van der Waals surface area contributed by atoms with Crippen LogP contribution < -0.4 is 0 Å². The van der Waals surface area contributed by atoms with E-state index in [-0.39, 0.29) is 23.4 Å². The van der Waals surface area contributed by atoms with Crippen molar-refractivity contribution in [2.24, 2.45) is 16.8 Å². The molecule has 0 radical (unpaired) electrons. The van der Waals surface area contributed by atoms with Gasteiger partial charge in [-0.25, -0.2) is 0 Å². The van der Waals surface area contributed by atoms with E-state index in [2.05, 4.69) is 4.99 Å². The molecule has 0 aliphatic heterocycles. The topological polar surface area (TPSA) is 49.7 Å². The Kier molecular flexibility index (Phi) is 3.60. The Balaban J connectivity index is 2.29. The van der Waals surface area contributed by atoms with Crippen LogP contribution in [0.5, 0.6) is 0 Å². The predicted molar refractivity (Wildman–Crippen MR) is 72.2 cm³/mol. The zero-order valence-electron chi connectivity index (χ0n) is 10.6. The summed E-state index contributed by atoms with van der Waals surface area (Å²) in [5.41, 5.74) is 1.13. The molecule has 0 unspecified atom stereocenters. The SMILES string of the molecule is C[C@H]1C[C@H](C)C(O)=C(C=Nc2ccccc2)C1=O. The van der Waals surface area contributed by atoms with Gasteiger partial charge in [0.05, 0.1) is 11.3 Å². The second-order valence-corrected chi connectivity index (χ2v) is 4.79. The van der Waals surface area contributed by atoms with Crippen LogP contribution in [0.3, 0.4) is 0 Å².